The van der Waals surface area contributed by atoms with E-state index in [-0.39, 0.29) is 11.6 Å². The van der Waals surface area contributed by atoms with Crippen LogP contribution in [-0.2, 0) is 6.42 Å². The molecule has 1 N–H and O–H groups in total. The van der Waals surface area contributed by atoms with Crippen molar-refractivity contribution in [2.45, 2.75) is 6.42 Å². The third-order valence-electron chi connectivity index (χ3n) is 4.44. The molecule has 0 aliphatic heterocycles. The molecule has 3 aromatic carbocycles. The van der Waals surface area contributed by atoms with Crippen LogP contribution in [0.15, 0.2) is 73.1 Å². The number of benzene rings is 3. The van der Waals surface area contributed by atoms with Crippen molar-refractivity contribution in [2.75, 3.05) is 11.9 Å². The molecule has 0 fully saturated rings. The van der Waals surface area contributed by atoms with E-state index in [2.05, 4.69) is 15.3 Å². The second-order valence-electron chi connectivity index (χ2n) is 6.24. The minimum Gasteiger partial charge on any atom is -0.369 e. The number of hydrogen-bond donors (Lipinski definition) is 1. The van der Waals surface area contributed by atoms with E-state index in [1.165, 1.54) is 24.5 Å². The van der Waals surface area contributed by atoms with E-state index in [9.17, 15) is 8.78 Å². The molecule has 1 heterocycles. The van der Waals surface area contributed by atoms with Crippen molar-refractivity contribution in [1.29, 1.82) is 0 Å². The van der Waals surface area contributed by atoms with Gasteiger partial charge in [-0.1, -0.05) is 42.5 Å². The van der Waals surface area contributed by atoms with Crippen molar-refractivity contribution in [3.05, 3.63) is 90.3 Å². The van der Waals surface area contributed by atoms with E-state index in [0.29, 0.717) is 28.8 Å². The van der Waals surface area contributed by atoms with Gasteiger partial charge < -0.3 is 5.32 Å². The third kappa shape index (κ3) is 3.77. The van der Waals surface area contributed by atoms with E-state index < -0.39 is 0 Å². The molecule has 0 aliphatic rings. The molecule has 134 valence electrons. The lowest BCUT2D eigenvalue weighted by molar-refractivity contribution is 0.629. The number of anilines is 1. The van der Waals surface area contributed by atoms with Gasteiger partial charge in [0.15, 0.2) is 0 Å². The van der Waals surface area contributed by atoms with Crippen LogP contribution < -0.4 is 5.32 Å². The summed E-state index contributed by atoms with van der Waals surface area (Å²) in [5.41, 5.74) is 3.26. The van der Waals surface area contributed by atoms with Crippen LogP contribution in [0.3, 0.4) is 0 Å². The first-order valence-corrected chi connectivity index (χ1v) is 8.69. The molecule has 4 aromatic rings. The van der Waals surface area contributed by atoms with Crippen LogP contribution in [0.4, 0.5) is 14.6 Å². The molecule has 4 rings (SSSR count). The number of nitrogens with one attached hydrogen (secondary N) is 1. The molecule has 0 bridgehead atoms. The molecule has 0 spiro atoms. The first-order chi connectivity index (χ1) is 13.2. The molecule has 0 saturated heterocycles. The molecule has 3 nitrogen and oxygen atoms in total. The monoisotopic (exact) mass is 361 g/mol. The summed E-state index contributed by atoms with van der Waals surface area (Å²) in [5, 5.41) is 3.90. The Morgan fingerprint density at radius 1 is 0.852 bits per heavy atom. The van der Waals surface area contributed by atoms with Gasteiger partial charge in [0.05, 0.1) is 5.52 Å². The first-order valence-electron chi connectivity index (χ1n) is 8.69. The Morgan fingerprint density at radius 2 is 1.67 bits per heavy atom. The van der Waals surface area contributed by atoms with E-state index in [0.717, 1.165) is 17.5 Å². The van der Waals surface area contributed by atoms with Crippen LogP contribution >= 0.6 is 0 Å². The van der Waals surface area contributed by atoms with E-state index in [1.54, 1.807) is 18.2 Å². The van der Waals surface area contributed by atoms with Gasteiger partial charge in [-0.3, -0.25) is 0 Å². The highest BCUT2D eigenvalue weighted by Crippen LogP contribution is 2.23. The lowest BCUT2D eigenvalue weighted by Gasteiger charge is -2.09. The Bertz CT molecular complexity index is 1080. The van der Waals surface area contributed by atoms with Gasteiger partial charge >= 0.3 is 0 Å². The Labute approximate surface area is 155 Å². The number of hydrogen-bond acceptors (Lipinski definition) is 3. The molecular formula is C22H17F2N3. The predicted octanol–water partition coefficient (Wildman–Crippen LogP) is 5.23. The highest BCUT2D eigenvalue weighted by molar-refractivity contribution is 5.88. The number of halogens is 2. The Kier molecular flexibility index (Phi) is 4.75. The molecule has 1 aromatic heterocycles. The quantitative estimate of drug-likeness (QED) is 0.529. The molecule has 0 aliphatic carbocycles. The summed E-state index contributed by atoms with van der Waals surface area (Å²) in [6.07, 6.45) is 2.23. The van der Waals surface area contributed by atoms with Crippen molar-refractivity contribution in [3.8, 4) is 11.1 Å². The maximum absolute atomic E-state index is 13.9. The Morgan fingerprint density at radius 3 is 2.48 bits per heavy atom. The lowest BCUT2D eigenvalue weighted by atomic mass is 10.0. The van der Waals surface area contributed by atoms with Crippen LogP contribution in [0.1, 0.15) is 5.56 Å². The summed E-state index contributed by atoms with van der Waals surface area (Å²) >= 11 is 0. The van der Waals surface area contributed by atoms with Crippen LogP contribution in [0.2, 0.25) is 0 Å². The van der Waals surface area contributed by atoms with E-state index in [1.807, 2.05) is 30.3 Å². The first kappa shape index (κ1) is 17.1. The van der Waals surface area contributed by atoms with Crippen molar-refractivity contribution >= 4 is 16.7 Å². The largest absolute Gasteiger partial charge is 0.369 e. The second-order valence-corrected chi connectivity index (χ2v) is 6.24. The number of fused-ring (bicyclic) bond motifs is 1. The topological polar surface area (TPSA) is 37.8 Å². The van der Waals surface area contributed by atoms with Gasteiger partial charge in [0.25, 0.3) is 0 Å². The Hall–Kier alpha value is -3.34. The van der Waals surface area contributed by atoms with Gasteiger partial charge in [-0.25, -0.2) is 18.7 Å². The van der Waals surface area contributed by atoms with Crippen molar-refractivity contribution < 1.29 is 8.78 Å². The molecule has 0 radical (unpaired) electrons. The van der Waals surface area contributed by atoms with E-state index >= 15 is 0 Å². The molecule has 0 unspecified atom stereocenters. The molecule has 27 heavy (non-hydrogen) atoms. The standard InChI is InChI=1S/C22H17F2N3/c23-17-9-10-21-19(13-17)22(27-14-26-21)25-12-11-15-5-7-16(8-6-15)18-3-1-2-4-20(18)24/h1-10,13-14H,11-12H2,(H,25,26,27). The minimum absolute atomic E-state index is 0.227. The fraction of sp³-hybridized carbons (Fsp3) is 0.0909. The van der Waals surface area contributed by atoms with Gasteiger partial charge in [-0.15, -0.1) is 0 Å². The smallest absolute Gasteiger partial charge is 0.137 e. The van der Waals surface area contributed by atoms with Crippen molar-refractivity contribution in [1.82, 2.24) is 9.97 Å². The zero-order valence-corrected chi connectivity index (χ0v) is 14.5. The molecule has 0 saturated carbocycles. The van der Waals surface area contributed by atoms with Gasteiger partial charge in [-0.2, -0.15) is 0 Å². The van der Waals surface area contributed by atoms with Crippen molar-refractivity contribution in [2.24, 2.45) is 0 Å². The maximum Gasteiger partial charge on any atom is 0.137 e. The van der Waals surface area contributed by atoms with Crippen LogP contribution in [0, 0.1) is 11.6 Å². The van der Waals surface area contributed by atoms with Crippen LogP contribution in [-0.4, -0.2) is 16.5 Å². The average molecular weight is 361 g/mol. The highest BCUT2D eigenvalue weighted by Gasteiger charge is 2.06. The summed E-state index contributed by atoms with van der Waals surface area (Å²) in [7, 11) is 0. The maximum atomic E-state index is 13.9. The number of aromatic nitrogens is 2. The minimum atomic E-state index is -0.316. The SMILES string of the molecule is Fc1ccc2ncnc(NCCc3ccc(-c4ccccc4F)cc3)c2c1. The average Bonchev–Trinajstić information content (AvgIpc) is 2.69. The summed E-state index contributed by atoms with van der Waals surface area (Å²) < 4.78 is 27.4. The summed E-state index contributed by atoms with van der Waals surface area (Å²) in [6, 6.07) is 19.0. The fourth-order valence-corrected chi connectivity index (χ4v) is 3.04. The third-order valence-corrected chi connectivity index (χ3v) is 4.44. The normalized spacial score (nSPS) is 10.9. The molecule has 0 atom stereocenters. The van der Waals surface area contributed by atoms with Crippen LogP contribution in [0.25, 0.3) is 22.0 Å². The fourth-order valence-electron chi connectivity index (χ4n) is 3.04. The zero-order chi connectivity index (χ0) is 18.6. The molecule has 0 amide bonds. The summed E-state index contributed by atoms with van der Waals surface area (Å²) in [4.78, 5) is 8.36. The number of rotatable bonds is 5. The predicted molar refractivity (Wildman–Crippen MR) is 104 cm³/mol. The van der Waals surface area contributed by atoms with Gasteiger partial charge in [-0.05, 0) is 41.8 Å². The second kappa shape index (κ2) is 7.50. The summed E-state index contributed by atoms with van der Waals surface area (Å²) in [5.74, 6) is 0.0707. The molecule has 5 heteroatoms. The molecular weight excluding hydrogens is 344 g/mol. The van der Waals surface area contributed by atoms with Gasteiger partial charge in [0.2, 0.25) is 0 Å². The van der Waals surface area contributed by atoms with Crippen molar-refractivity contribution in [3.63, 3.8) is 0 Å². The highest BCUT2D eigenvalue weighted by atomic mass is 19.1. The van der Waals surface area contributed by atoms with E-state index in [4.69, 9.17) is 0 Å². The van der Waals surface area contributed by atoms with Crippen LogP contribution in [0.5, 0.6) is 0 Å². The van der Waals surface area contributed by atoms with Gasteiger partial charge in [0.1, 0.15) is 23.8 Å². The summed E-state index contributed by atoms with van der Waals surface area (Å²) in [6.45, 7) is 0.641. The number of nitrogens with zero attached hydrogens (tertiary/aromatic N) is 2. The lowest BCUT2D eigenvalue weighted by Crippen LogP contribution is -2.07. The van der Waals surface area contributed by atoms with Gasteiger partial charge in [0, 0.05) is 17.5 Å². The Balaban J connectivity index is 1.44. The zero-order valence-electron chi connectivity index (χ0n) is 14.5.